The summed E-state index contributed by atoms with van der Waals surface area (Å²) >= 11 is 6.15. The van der Waals surface area contributed by atoms with Gasteiger partial charge in [0, 0.05) is 24.3 Å². The molecule has 0 aliphatic carbocycles. The number of carbonyl (C=O) groups excluding carboxylic acids is 2. The Balaban J connectivity index is 2.00. The number of carbonyl (C=O) groups is 2. The van der Waals surface area contributed by atoms with Gasteiger partial charge in [0.05, 0.1) is 5.02 Å². The normalized spacial score (nSPS) is 10.3. The average Bonchev–Trinajstić information content (AvgIpc) is 2.62. The molecule has 0 saturated heterocycles. The van der Waals surface area contributed by atoms with Crippen LogP contribution in [0.25, 0.3) is 0 Å². The molecule has 2 rings (SSSR count). The largest absolute Gasteiger partial charge is 0.482 e. The molecular weight excluding hydrogens is 359 g/mol. The molecule has 2 amide bonds. The maximum atomic E-state index is 13.2. The predicted molar refractivity (Wildman–Crippen MR) is 99.2 cm³/mol. The number of anilines is 1. The average molecular weight is 379 g/mol. The van der Waals surface area contributed by atoms with Crippen LogP contribution in [0.2, 0.25) is 5.02 Å². The van der Waals surface area contributed by atoms with Crippen molar-refractivity contribution in [2.24, 2.45) is 0 Å². The van der Waals surface area contributed by atoms with E-state index in [4.69, 9.17) is 16.3 Å². The van der Waals surface area contributed by atoms with Gasteiger partial charge in [0.25, 0.3) is 11.8 Å². The SMILES string of the molecule is CCN(CC)C(=O)COc1ccc(NC(=O)c2cccc(F)c2)cc1Cl. The molecule has 5 nitrogen and oxygen atoms in total. The number of ether oxygens (including phenoxy) is 1. The number of likely N-dealkylation sites (N-methyl/N-ethyl adjacent to an activating group) is 1. The van der Waals surface area contributed by atoms with Gasteiger partial charge in [-0.15, -0.1) is 0 Å². The van der Waals surface area contributed by atoms with Crippen LogP contribution in [0.3, 0.4) is 0 Å². The molecule has 0 saturated carbocycles. The molecule has 0 heterocycles. The predicted octanol–water partition coefficient (Wildman–Crippen LogP) is 3.98. The fraction of sp³-hybridized carbons (Fsp3) is 0.263. The first-order valence-corrected chi connectivity index (χ1v) is 8.59. The van der Waals surface area contributed by atoms with Crippen LogP contribution in [0.15, 0.2) is 42.5 Å². The summed E-state index contributed by atoms with van der Waals surface area (Å²) in [6, 6.07) is 10.1. The van der Waals surface area contributed by atoms with Gasteiger partial charge in [-0.2, -0.15) is 0 Å². The third-order valence-corrected chi connectivity index (χ3v) is 4.04. The van der Waals surface area contributed by atoms with Crippen molar-refractivity contribution in [1.82, 2.24) is 4.90 Å². The lowest BCUT2D eigenvalue weighted by atomic mass is 10.2. The van der Waals surface area contributed by atoms with E-state index < -0.39 is 11.7 Å². The molecular formula is C19H20ClFN2O3. The Kier molecular flexibility index (Phi) is 6.97. The minimum absolute atomic E-state index is 0.115. The number of nitrogens with zero attached hydrogens (tertiary/aromatic N) is 1. The molecule has 26 heavy (non-hydrogen) atoms. The van der Waals surface area contributed by atoms with Gasteiger partial charge in [-0.25, -0.2) is 4.39 Å². The topological polar surface area (TPSA) is 58.6 Å². The molecule has 0 aromatic heterocycles. The second-order valence-corrected chi connectivity index (χ2v) is 5.87. The van der Waals surface area contributed by atoms with E-state index in [1.807, 2.05) is 13.8 Å². The van der Waals surface area contributed by atoms with E-state index in [-0.39, 0.29) is 23.1 Å². The van der Waals surface area contributed by atoms with Crippen LogP contribution < -0.4 is 10.1 Å². The van der Waals surface area contributed by atoms with Crippen molar-refractivity contribution in [3.05, 3.63) is 58.9 Å². The van der Waals surface area contributed by atoms with Crippen molar-refractivity contribution >= 4 is 29.1 Å². The van der Waals surface area contributed by atoms with Crippen LogP contribution in [0.5, 0.6) is 5.75 Å². The molecule has 7 heteroatoms. The second kappa shape index (κ2) is 9.20. The molecule has 0 unspecified atom stereocenters. The number of rotatable bonds is 7. The molecule has 2 aromatic carbocycles. The Morgan fingerprint density at radius 1 is 1.15 bits per heavy atom. The Labute approximate surface area is 156 Å². The van der Waals surface area contributed by atoms with Crippen LogP contribution in [-0.2, 0) is 4.79 Å². The number of amides is 2. The summed E-state index contributed by atoms with van der Waals surface area (Å²) in [6.07, 6.45) is 0. The van der Waals surface area contributed by atoms with E-state index in [1.165, 1.54) is 24.3 Å². The summed E-state index contributed by atoms with van der Waals surface area (Å²) < 4.78 is 18.7. The lowest BCUT2D eigenvalue weighted by Gasteiger charge is -2.19. The summed E-state index contributed by atoms with van der Waals surface area (Å²) in [5.41, 5.74) is 0.637. The van der Waals surface area contributed by atoms with Crippen LogP contribution >= 0.6 is 11.6 Å². The summed E-state index contributed by atoms with van der Waals surface area (Å²) in [4.78, 5) is 25.7. The summed E-state index contributed by atoms with van der Waals surface area (Å²) in [7, 11) is 0. The maximum absolute atomic E-state index is 13.2. The molecule has 0 aliphatic rings. The third kappa shape index (κ3) is 5.20. The first-order chi connectivity index (χ1) is 12.4. The van der Waals surface area contributed by atoms with Gasteiger partial charge in [-0.3, -0.25) is 9.59 Å². The van der Waals surface area contributed by atoms with Crippen LogP contribution in [0, 0.1) is 5.82 Å². The van der Waals surface area contributed by atoms with Crippen molar-refractivity contribution in [2.45, 2.75) is 13.8 Å². The quantitative estimate of drug-likeness (QED) is 0.792. The molecule has 0 aliphatic heterocycles. The zero-order valence-corrected chi connectivity index (χ0v) is 15.3. The second-order valence-electron chi connectivity index (χ2n) is 5.46. The van der Waals surface area contributed by atoms with Gasteiger partial charge in [0.2, 0.25) is 0 Å². The van der Waals surface area contributed by atoms with E-state index in [2.05, 4.69) is 5.32 Å². The minimum atomic E-state index is -0.489. The number of hydrogen-bond donors (Lipinski definition) is 1. The molecule has 138 valence electrons. The standard InChI is InChI=1S/C19H20ClFN2O3/c1-3-23(4-2)18(24)12-26-17-9-8-15(11-16(17)20)22-19(25)13-6-5-7-14(21)10-13/h5-11H,3-4,12H2,1-2H3,(H,22,25). The fourth-order valence-corrected chi connectivity index (χ4v) is 2.57. The van der Waals surface area contributed by atoms with E-state index >= 15 is 0 Å². The first kappa shape index (κ1) is 19.7. The van der Waals surface area contributed by atoms with Gasteiger partial charge in [-0.1, -0.05) is 17.7 Å². The molecule has 0 radical (unpaired) electrons. The highest BCUT2D eigenvalue weighted by Crippen LogP contribution is 2.28. The monoisotopic (exact) mass is 378 g/mol. The van der Waals surface area contributed by atoms with Crippen molar-refractivity contribution in [2.75, 3.05) is 25.0 Å². The van der Waals surface area contributed by atoms with Gasteiger partial charge < -0.3 is 15.0 Å². The Morgan fingerprint density at radius 2 is 1.88 bits per heavy atom. The highest BCUT2D eigenvalue weighted by atomic mass is 35.5. The lowest BCUT2D eigenvalue weighted by Crippen LogP contribution is -2.34. The first-order valence-electron chi connectivity index (χ1n) is 8.21. The van der Waals surface area contributed by atoms with Crippen LogP contribution in [-0.4, -0.2) is 36.4 Å². The highest BCUT2D eigenvalue weighted by Gasteiger charge is 2.13. The van der Waals surface area contributed by atoms with Gasteiger partial charge in [0.15, 0.2) is 6.61 Å². The number of nitrogens with one attached hydrogen (secondary N) is 1. The molecule has 0 fully saturated rings. The van der Waals surface area contributed by atoms with Gasteiger partial charge >= 0.3 is 0 Å². The van der Waals surface area contributed by atoms with Crippen molar-refractivity contribution < 1.29 is 18.7 Å². The number of halogens is 2. The molecule has 1 N–H and O–H groups in total. The highest BCUT2D eigenvalue weighted by molar-refractivity contribution is 6.32. The van der Waals surface area contributed by atoms with E-state index in [1.54, 1.807) is 17.0 Å². The number of hydrogen-bond acceptors (Lipinski definition) is 3. The van der Waals surface area contributed by atoms with Crippen LogP contribution in [0.1, 0.15) is 24.2 Å². The lowest BCUT2D eigenvalue weighted by molar-refractivity contribution is -0.132. The van der Waals surface area contributed by atoms with Gasteiger partial charge in [-0.05, 0) is 50.2 Å². The molecule has 0 bridgehead atoms. The molecule has 0 atom stereocenters. The Hall–Kier alpha value is -2.60. The van der Waals surface area contributed by atoms with Crippen LogP contribution in [0.4, 0.5) is 10.1 Å². The third-order valence-electron chi connectivity index (χ3n) is 3.74. The Morgan fingerprint density at radius 3 is 2.50 bits per heavy atom. The molecule has 0 spiro atoms. The number of benzene rings is 2. The zero-order valence-electron chi connectivity index (χ0n) is 14.6. The smallest absolute Gasteiger partial charge is 0.260 e. The minimum Gasteiger partial charge on any atom is -0.482 e. The zero-order chi connectivity index (χ0) is 19.1. The summed E-state index contributed by atoms with van der Waals surface area (Å²) in [5.74, 6) is -0.728. The summed E-state index contributed by atoms with van der Waals surface area (Å²) in [6.45, 7) is 4.89. The fourth-order valence-electron chi connectivity index (χ4n) is 2.34. The van der Waals surface area contributed by atoms with Gasteiger partial charge in [0.1, 0.15) is 11.6 Å². The van der Waals surface area contributed by atoms with Crippen molar-refractivity contribution in [1.29, 1.82) is 0 Å². The van der Waals surface area contributed by atoms with E-state index in [9.17, 15) is 14.0 Å². The summed E-state index contributed by atoms with van der Waals surface area (Å²) in [5, 5.41) is 2.89. The van der Waals surface area contributed by atoms with E-state index in [0.29, 0.717) is 24.5 Å². The van der Waals surface area contributed by atoms with Crippen molar-refractivity contribution in [3.63, 3.8) is 0 Å². The van der Waals surface area contributed by atoms with Crippen molar-refractivity contribution in [3.8, 4) is 5.75 Å². The molecule has 2 aromatic rings. The maximum Gasteiger partial charge on any atom is 0.260 e. The van der Waals surface area contributed by atoms with E-state index in [0.717, 1.165) is 6.07 Å². The Bertz CT molecular complexity index is 794.